The number of hydrogen-bond acceptors (Lipinski definition) is 2. The lowest BCUT2D eigenvalue weighted by Gasteiger charge is -2.22. The quantitative estimate of drug-likeness (QED) is 0.777. The van der Waals surface area contributed by atoms with Crippen LogP contribution in [0.25, 0.3) is 5.57 Å². The first-order chi connectivity index (χ1) is 6.83. The Hall–Kier alpha value is -1.28. The molecule has 0 spiro atoms. The second-order valence-corrected chi connectivity index (χ2v) is 3.47. The van der Waals surface area contributed by atoms with Crippen LogP contribution in [0.5, 0.6) is 0 Å². The Morgan fingerprint density at radius 3 is 2.93 bits per heavy atom. The molecule has 0 saturated heterocycles. The first-order valence-corrected chi connectivity index (χ1v) is 4.94. The predicted octanol–water partition coefficient (Wildman–Crippen LogP) is 2.85. The van der Waals surface area contributed by atoms with Crippen molar-refractivity contribution in [3.05, 3.63) is 41.7 Å². The van der Waals surface area contributed by atoms with Crippen molar-refractivity contribution in [2.75, 3.05) is 0 Å². The highest BCUT2D eigenvalue weighted by molar-refractivity contribution is 5.68. The van der Waals surface area contributed by atoms with E-state index in [1.807, 2.05) is 24.3 Å². The zero-order valence-corrected chi connectivity index (χ0v) is 8.23. The fourth-order valence-electron chi connectivity index (χ4n) is 1.75. The smallest absolute Gasteiger partial charge is 0.223 e. The zero-order valence-electron chi connectivity index (χ0n) is 8.23. The van der Waals surface area contributed by atoms with Crippen LogP contribution < -0.4 is 0 Å². The second kappa shape index (κ2) is 3.84. The monoisotopic (exact) mass is 190 g/mol. The van der Waals surface area contributed by atoms with E-state index < -0.39 is 6.29 Å². The van der Waals surface area contributed by atoms with Gasteiger partial charge in [-0.1, -0.05) is 37.6 Å². The molecule has 1 aromatic rings. The number of hydrogen-bond donors (Lipinski definition) is 1. The fraction of sp³-hybridized carbons (Fsp3) is 0.333. The molecule has 0 fully saturated rings. The Labute approximate surface area is 83.8 Å². The van der Waals surface area contributed by atoms with Crippen LogP contribution in [-0.2, 0) is 4.74 Å². The molecule has 0 aromatic heterocycles. The van der Waals surface area contributed by atoms with Crippen LogP contribution in [0.15, 0.2) is 30.5 Å². The topological polar surface area (TPSA) is 29.5 Å². The summed E-state index contributed by atoms with van der Waals surface area (Å²) in [6, 6.07) is 7.84. The van der Waals surface area contributed by atoms with Gasteiger partial charge in [0.2, 0.25) is 6.29 Å². The molecular formula is C12H14O2. The van der Waals surface area contributed by atoms with E-state index in [-0.39, 0.29) is 0 Å². The number of rotatable bonds is 2. The van der Waals surface area contributed by atoms with Crippen molar-refractivity contribution >= 4 is 5.57 Å². The molecule has 2 rings (SSSR count). The Morgan fingerprint density at radius 1 is 1.36 bits per heavy atom. The zero-order chi connectivity index (χ0) is 9.97. The Balaban J connectivity index is 2.40. The summed E-state index contributed by atoms with van der Waals surface area (Å²) in [4.78, 5) is 0. The lowest BCUT2D eigenvalue weighted by molar-refractivity contribution is -0.0563. The van der Waals surface area contributed by atoms with Gasteiger partial charge in [0.15, 0.2) is 0 Å². The molecule has 1 aromatic carbocycles. The Kier molecular flexibility index (Phi) is 2.55. The van der Waals surface area contributed by atoms with Gasteiger partial charge in [-0.2, -0.15) is 0 Å². The molecule has 74 valence electrons. The lowest BCUT2D eigenvalue weighted by atomic mass is 9.96. The highest BCUT2D eigenvalue weighted by Crippen LogP contribution is 2.32. The van der Waals surface area contributed by atoms with Gasteiger partial charge >= 0.3 is 0 Å². The molecule has 0 aliphatic carbocycles. The molecule has 14 heavy (non-hydrogen) atoms. The molecule has 1 N–H and O–H groups in total. The van der Waals surface area contributed by atoms with Crippen LogP contribution in [0.3, 0.4) is 0 Å². The molecule has 1 aliphatic heterocycles. The summed E-state index contributed by atoms with van der Waals surface area (Å²) in [7, 11) is 0. The number of aliphatic hydroxyl groups is 1. The van der Waals surface area contributed by atoms with Gasteiger partial charge in [0.25, 0.3) is 0 Å². The van der Waals surface area contributed by atoms with Crippen molar-refractivity contribution < 1.29 is 9.84 Å². The van der Waals surface area contributed by atoms with E-state index >= 15 is 0 Å². The van der Waals surface area contributed by atoms with Gasteiger partial charge in [-0.15, -0.1) is 0 Å². The van der Waals surface area contributed by atoms with Crippen molar-refractivity contribution in [2.45, 2.75) is 26.1 Å². The van der Waals surface area contributed by atoms with E-state index in [4.69, 9.17) is 4.74 Å². The van der Waals surface area contributed by atoms with Crippen LogP contribution in [0, 0.1) is 0 Å². The molecular weight excluding hydrogens is 176 g/mol. The maximum Gasteiger partial charge on any atom is 0.223 e. The van der Waals surface area contributed by atoms with Crippen LogP contribution in [-0.4, -0.2) is 5.11 Å². The fourth-order valence-corrected chi connectivity index (χ4v) is 1.75. The van der Waals surface area contributed by atoms with Gasteiger partial charge in [-0.05, 0) is 17.6 Å². The third-order valence-corrected chi connectivity index (χ3v) is 2.43. The summed E-state index contributed by atoms with van der Waals surface area (Å²) < 4.78 is 5.16. The predicted molar refractivity (Wildman–Crippen MR) is 55.4 cm³/mol. The van der Waals surface area contributed by atoms with Gasteiger partial charge < -0.3 is 9.84 Å². The summed E-state index contributed by atoms with van der Waals surface area (Å²) in [5.41, 5.74) is 3.17. The standard InChI is InChI=1S/C12H14O2/c1-2-5-9-8-14-12(13)11-7-4-3-6-10(9)11/h3-4,6-8,12-13H,2,5H2,1H3. The van der Waals surface area contributed by atoms with Gasteiger partial charge in [-0.3, -0.25) is 0 Å². The average molecular weight is 190 g/mol. The highest BCUT2D eigenvalue weighted by Gasteiger charge is 2.19. The van der Waals surface area contributed by atoms with Gasteiger partial charge in [0, 0.05) is 5.56 Å². The molecule has 1 aliphatic rings. The SMILES string of the molecule is CCCC1=COC(O)c2ccccc21. The number of aliphatic hydroxyl groups excluding tert-OH is 1. The molecule has 1 atom stereocenters. The average Bonchev–Trinajstić information content (AvgIpc) is 2.23. The summed E-state index contributed by atoms with van der Waals surface area (Å²) in [5, 5.41) is 9.58. The van der Waals surface area contributed by atoms with Gasteiger partial charge in [0.1, 0.15) is 0 Å². The number of benzene rings is 1. The van der Waals surface area contributed by atoms with Crippen LogP contribution in [0.2, 0.25) is 0 Å². The van der Waals surface area contributed by atoms with E-state index in [1.165, 1.54) is 5.57 Å². The molecule has 0 bridgehead atoms. The van der Waals surface area contributed by atoms with Crippen molar-refractivity contribution in [3.63, 3.8) is 0 Å². The van der Waals surface area contributed by atoms with Crippen molar-refractivity contribution in [1.82, 2.24) is 0 Å². The van der Waals surface area contributed by atoms with Crippen LogP contribution >= 0.6 is 0 Å². The summed E-state index contributed by atoms with van der Waals surface area (Å²) in [6.45, 7) is 2.13. The minimum absolute atomic E-state index is 0.799. The van der Waals surface area contributed by atoms with E-state index in [2.05, 4.69) is 6.92 Å². The van der Waals surface area contributed by atoms with Crippen LogP contribution in [0.1, 0.15) is 37.2 Å². The molecule has 0 amide bonds. The van der Waals surface area contributed by atoms with E-state index in [0.29, 0.717) is 0 Å². The summed E-state index contributed by atoms with van der Waals surface area (Å²) >= 11 is 0. The number of allylic oxidation sites excluding steroid dienone is 1. The number of fused-ring (bicyclic) bond motifs is 1. The van der Waals surface area contributed by atoms with E-state index in [9.17, 15) is 5.11 Å². The van der Waals surface area contributed by atoms with Gasteiger partial charge in [-0.25, -0.2) is 0 Å². The van der Waals surface area contributed by atoms with E-state index in [0.717, 1.165) is 24.0 Å². The second-order valence-electron chi connectivity index (χ2n) is 3.47. The molecule has 1 heterocycles. The summed E-state index contributed by atoms with van der Waals surface area (Å²) in [5.74, 6) is 0. The molecule has 0 radical (unpaired) electrons. The maximum atomic E-state index is 9.58. The summed E-state index contributed by atoms with van der Waals surface area (Å²) in [6.07, 6.45) is 2.95. The highest BCUT2D eigenvalue weighted by atomic mass is 16.6. The lowest BCUT2D eigenvalue weighted by Crippen LogP contribution is -2.08. The van der Waals surface area contributed by atoms with Crippen LogP contribution in [0.4, 0.5) is 0 Å². The normalized spacial score (nSPS) is 19.6. The first kappa shape index (κ1) is 9.28. The third-order valence-electron chi connectivity index (χ3n) is 2.43. The molecule has 2 heteroatoms. The first-order valence-electron chi connectivity index (χ1n) is 4.94. The molecule has 2 nitrogen and oxygen atoms in total. The van der Waals surface area contributed by atoms with Crippen molar-refractivity contribution in [3.8, 4) is 0 Å². The molecule has 0 saturated carbocycles. The molecule has 1 unspecified atom stereocenters. The number of ether oxygens (including phenoxy) is 1. The van der Waals surface area contributed by atoms with Crippen molar-refractivity contribution in [2.24, 2.45) is 0 Å². The van der Waals surface area contributed by atoms with Gasteiger partial charge in [0.05, 0.1) is 6.26 Å². The van der Waals surface area contributed by atoms with E-state index in [1.54, 1.807) is 6.26 Å². The minimum Gasteiger partial charge on any atom is -0.468 e. The van der Waals surface area contributed by atoms with Crippen molar-refractivity contribution in [1.29, 1.82) is 0 Å². The Bertz CT molecular complexity index is 355. The Morgan fingerprint density at radius 2 is 2.14 bits per heavy atom. The maximum absolute atomic E-state index is 9.58. The largest absolute Gasteiger partial charge is 0.468 e. The third kappa shape index (κ3) is 1.53. The minimum atomic E-state index is -0.799.